The van der Waals surface area contributed by atoms with Crippen LogP contribution >= 0.6 is 0 Å². The summed E-state index contributed by atoms with van der Waals surface area (Å²) in [6.45, 7) is 6.00. The van der Waals surface area contributed by atoms with E-state index in [1.165, 1.54) is 12.1 Å². The molecule has 0 aliphatic carbocycles. The normalized spacial score (nSPS) is 18.9. The molecule has 184 valence electrons. The largest absolute Gasteiger partial charge is 0.618 e. The van der Waals surface area contributed by atoms with Crippen molar-refractivity contribution in [2.45, 2.75) is 51.7 Å². The Labute approximate surface area is 205 Å². The predicted octanol–water partition coefficient (Wildman–Crippen LogP) is 5.31. The van der Waals surface area contributed by atoms with Crippen LogP contribution < -0.4 is 4.73 Å². The van der Waals surface area contributed by atoms with Crippen molar-refractivity contribution in [1.82, 2.24) is 4.90 Å². The van der Waals surface area contributed by atoms with Crippen molar-refractivity contribution in [2.24, 2.45) is 0 Å². The maximum absolute atomic E-state index is 13.5. The van der Waals surface area contributed by atoms with Crippen LogP contribution in [0.5, 0.6) is 0 Å². The fourth-order valence-electron chi connectivity index (χ4n) is 4.85. The van der Waals surface area contributed by atoms with E-state index in [-0.39, 0.29) is 18.5 Å². The Bertz CT molecular complexity index is 1170. The van der Waals surface area contributed by atoms with E-state index >= 15 is 0 Å². The van der Waals surface area contributed by atoms with Gasteiger partial charge in [0.1, 0.15) is 11.4 Å². The Morgan fingerprint density at radius 2 is 1.71 bits per heavy atom. The third-order valence-electron chi connectivity index (χ3n) is 6.95. The molecule has 1 amide bonds. The Hall–Kier alpha value is -3.45. The van der Waals surface area contributed by atoms with Gasteiger partial charge in [-0.3, -0.25) is 0 Å². The zero-order valence-electron chi connectivity index (χ0n) is 20.3. The number of amides is 1. The van der Waals surface area contributed by atoms with Crippen LogP contribution in [0.25, 0.3) is 11.1 Å². The van der Waals surface area contributed by atoms with Crippen LogP contribution in [0.1, 0.15) is 54.7 Å². The standard InChI is InChI=1S/C28H31FN2O4/c1-19-17-24(18-20(2)31(19)34)23-7-5-22(6-8-23)21(3)30-15-14-28(13-4-16-32,35-27(30)33)25-9-11-26(29)12-10-25/h5-12,17-18,21,32H,4,13-16H2,1-3H3/t21-,28?/m0/s1. The van der Waals surface area contributed by atoms with E-state index in [4.69, 9.17) is 4.74 Å². The van der Waals surface area contributed by atoms with Crippen LogP contribution in [-0.4, -0.2) is 29.3 Å². The van der Waals surface area contributed by atoms with Gasteiger partial charge in [-0.25, -0.2) is 9.18 Å². The number of ether oxygens (including phenoxy) is 1. The summed E-state index contributed by atoms with van der Waals surface area (Å²) >= 11 is 0. The zero-order chi connectivity index (χ0) is 25.2. The smallest absolute Gasteiger partial charge is 0.411 e. The van der Waals surface area contributed by atoms with Gasteiger partial charge >= 0.3 is 6.09 Å². The molecule has 1 saturated heterocycles. The lowest BCUT2D eigenvalue weighted by molar-refractivity contribution is -0.619. The lowest BCUT2D eigenvalue weighted by atomic mass is 9.84. The van der Waals surface area contributed by atoms with Crippen molar-refractivity contribution in [2.75, 3.05) is 13.2 Å². The lowest BCUT2D eigenvalue weighted by Crippen LogP contribution is -2.48. The second-order valence-corrected chi connectivity index (χ2v) is 9.26. The number of nitrogens with zero attached hydrogens (tertiary/aromatic N) is 2. The summed E-state index contributed by atoms with van der Waals surface area (Å²) in [6, 6.07) is 17.5. The minimum Gasteiger partial charge on any atom is -0.618 e. The fourth-order valence-corrected chi connectivity index (χ4v) is 4.85. The van der Waals surface area contributed by atoms with Crippen LogP contribution in [0.4, 0.5) is 9.18 Å². The van der Waals surface area contributed by atoms with Gasteiger partial charge in [-0.1, -0.05) is 36.4 Å². The summed E-state index contributed by atoms with van der Waals surface area (Å²) < 4.78 is 20.4. The first-order valence-corrected chi connectivity index (χ1v) is 11.9. The van der Waals surface area contributed by atoms with Crippen LogP contribution in [0.3, 0.4) is 0 Å². The molecule has 7 heteroatoms. The second kappa shape index (κ2) is 10.0. The summed E-state index contributed by atoms with van der Waals surface area (Å²) in [5.74, 6) is -0.347. The quantitative estimate of drug-likeness (QED) is 0.369. The first kappa shape index (κ1) is 24.7. The number of pyridine rings is 1. The molecule has 6 nitrogen and oxygen atoms in total. The molecule has 1 aromatic heterocycles. The number of carbonyl (C=O) groups is 1. The number of carbonyl (C=O) groups excluding carboxylic acids is 1. The molecule has 0 saturated carbocycles. The zero-order valence-corrected chi connectivity index (χ0v) is 20.3. The van der Waals surface area contributed by atoms with Crippen molar-refractivity contribution in [3.63, 3.8) is 0 Å². The molecular weight excluding hydrogens is 447 g/mol. The monoisotopic (exact) mass is 478 g/mol. The first-order chi connectivity index (χ1) is 16.7. The summed E-state index contributed by atoms with van der Waals surface area (Å²) in [5, 5.41) is 21.3. The Kier molecular flexibility index (Phi) is 7.08. The van der Waals surface area contributed by atoms with E-state index in [0.717, 1.165) is 27.0 Å². The molecule has 2 atom stereocenters. The molecule has 1 N–H and O–H groups in total. The van der Waals surface area contributed by atoms with Gasteiger partial charge in [-0.05, 0) is 54.2 Å². The Morgan fingerprint density at radius 3 is 2.29 bits per heavy atom. The van der Waals surface area contributed by atoms with E-state index in [0.29, 0.717) is 37.2 Å². The second-order valence-electron chi connectivity index (χ2n) is 9.26. The maximum atomic E-state index is 13.5. The number of rotatable bonds is 7. The number of aryl methyl sites for hydroxylation is 2. The van der Waals surface area contributed by atoms with Gasteiger partial charge < -0.3 is 20.0 Å². The molecule has 0 bridgehead atoms. The Morgan fingerprint density at radius 1 is 1.09 bits per heavy atom. The number of hydrogen-bond donors (Lipinski definition) is 1. The molecule has 1 fully saturated rings. The van der Waals surface area contributed by atoms with Gasteiger partial charge in [0, 0.05) is 45.6 Å². The number of benzene rings is 2. The highest BCUT2D eigenvalue weighted by Gasteiger charge is 2.43. The van der Waals surface area contributed by atoms with E-state index in [1.807, 2.05) is 43.3 Å². The number of aliphatic hydroxyl groups excluding tert-OH is 1. The third-order valence-corrected chi connectivity index (χ3v) is 6.95. The molecule has 0 radical (unpaired) electrons. The van der Waals surface area contributed by atoms with Gasteiger partial charge in [0.25, 0.3) is 0 Å². The molecule has 0 spiro atoms. The van der Waals surface area contributed by atoms with Crippen molar-refractivity contribution in [3.05, 3.63) is 94.2 Å². The van der Waals surface area contributed by atoms with Crippen molar-refractivity contribution >= 4 is 6.09 Å². The highest BCUT2D eigenvalue weighted by molar-refractivity contribution is 5.70. The number of aromatic nitrogens is 1. The minimum absolute atomic E-state index is 0.0117. The number of aliphatic hydroxyl groups is 1. The summed E-state index contributed by atoms with van der Waals surface area (Å²) in [7, 11) is 0. The molecule has 2 aromatic carbocycles. The molecule has 1 aliphatic rings. The molecule has 35 heavy (non-hydrogen) atoms. The van der Waals surface area contributed by atoms with Crippen LogP contribution in [0.15, 0.2) is 60.7 Å². The van der Waals surface area contributed by atoms with Crippen LogP contribution in [-0.2, 0) is 10.3 Å². The molecule has 1 aliphatic heterocycles. The number of cyclic esters (lactones) is 1. The average Bonchev–Trinajstić information content (AvgIpc) is 2.86. The van der Waals surface area contributed by atoms with Crippen molar-refractivity contribution < 1.29 is 23.8 Å². The van der Waals surface area contributed by atoms with Gasteiger partial charge in [0.05, 0.1) is 6.04 Å². The van der Waals surface area contributed by atoms with Gasteiger partial charge in [0.2, 0.25) is 0 Å². The van der Waals surface area contributed by atoms with Gasteiger partial charge in [0.15, 0.2) is 11.4 Å². The van der Waals surface area contributed by atoms with Crippen LogP contribution in [0.2, 0.25) is 0 Å². The average molecular weight is 479 g/mol. The van der Waals surface area contributed by atoms with Crippen molar-refractivity contribution in [1.29, 1.82) is 0 Å². The van der Waals surface area contributed by atoms with E-state index < -0.39 is 11.7 Å². The van der Waals surface area contributed by atoms with E-state index in [1.54, 1.807) is 30.9 Å². The maximum Gasteiger partial charge on any atom is 0.411 e. The molecule has 2 heterocycles. The predicted molar refractivity (Wildman–Crippen MR) is 131 cm³/mol. The van der Waals surface area contributed by atoms with Gasteiger partial charge in [-0.15, -0.1) is 0 Å². The topological polar surface area (TPSA) is 76.7 Å². The lowest BCUT2D eigenvalue weighted by Gasteiger charge is -2.43. The molecule has 1 unspecified atom stereocenters. The first-order valence-electron chi connectivity index (χ1n) is 11.9. The van der Waals surface area contributed by atoms with E-state index in [2.05, 4.69) is 0 Å². The molecule has 3 aromatic rings. The summed E-state index contributed by atoms with van der Waals surface area (Å²) in [4.78, 5) is 14.9. The fraction of sp³-hybridized carbons (Fsp3) is 0.357. The number of hydrogen-bond acceptors (Lipinski definition) is 4. The summed E-state index contributed by atoms with van der Waals surface area (Å²) in [6.07, 6.45) is 1.07. The van der Waals surface area contributed by atoms with Crippen LogP contribution in [0, 0.1) is 24.9 Å². The molecular formula is C28H31FN2O4. The highest BCUT2D eigenvalue weighted by Crippen LogP contribution is 2.40. The number of halogens is 1. The Balaban J connectivity index is 1.52. The molecule has 4 rings (SSSR count). The van der Waals surface area contributed by atoms with E-state index in [9.17, 15) is 19.5 Å². The minimum atomic E-state index is -0.880. The SMILES string of the molecule is Cc1cc(-c2ccc([C@H](C)N3CCC(CCCO)(c4ccc(F)cc4)OC3=O)cc2)cc(C)[n+]1[O-]. The third kappa shape index (κ3) is 5.00. The van der Waals surface area contributed by atoms with Gasteiger partial charge in [-0.2, -0.15) is 4.73 Å². The highest BCUT2D eigenvalue weighted by atomic mass is 19.1. The summed E-state index contributed by atoms with van der Waals surface area (Å²) in [5.41, 5.74) is 4.07. The van der Waals surface area contributed by atoms with Crippen molar-refractivity contribution in [3.8, 4) is 11.1 Å².